The Labute approximate surface area is 125 Å². The lowest BCUT2D eigenvalue weighted by Crippen LogP contribution is -2.18. The molecule has 0 spiro atoms. The number of hydrogen-bond acceptors (Lipinski definition) is 3. The number of hydrogen-bond donors (Lipinski definition) is 1. The molecule has 2 nitrogen and oxygen atoms in total. The third-order valence-electron chi connectivity index (χ3n) is 2.62. The second-order valence-corrected chi connectivity index (χ2v) is 6.38. The van der Waals surface area contributed by atoms with Crippen LogP contribution in [-0.2, 0) is 6.54 Å². The maximum Gasteiger partial charge on any atom is 0.110 e. The van der Waals surface area contributed by atoms with Crippen molar-refractivity contribution in [2.75, 3.05) is 0 Å². The highest BCUT2D eigenvalue weighted by Crippen LogP contribution is 2.23. The van der Waals surface area contributed by atoms with Gasteiger partial charge in [0.15, 0.2) is 0 Å². The molecule has 1 unspecified atom stereocenters. The number of rotatable bonds is 4. The summed E-state index contributed by atoms with van der Waals surface area (Å²) >= 11 is 11.3. The molecule has 0 saturated carbocycles. The predicted octanol–water partition coefficient (Wildman–Crippen LogP) is 4.72. The molecule has 2 aromatic rings. The van der Waals surface area contributed by atoms with Crippen molar-refractivity contribution in [1.82, 2.24) is 10.3 Å². The zero-order chi connectivity index (χ0) is 13.1. The molecule has 96 valence electrons. The normalized spacial score (nSPS) is 12.7. The van der Waals surface area contributed by atoms with Gasteiger partial charge in [0.2, 0.25) is 0 Å². The third-order valence-corrected chi connectivity index (χ3v) is 4.61. The molecule has 1 aromatic carbocycles. The van der Waals surface area contributed by atoms with Crippen LogP contribution in [0, 0.1) is 6.92 Å². The molecule has 1 N–H and O–H groups in total. The number of aromatic nitrogens is 1. The standard InChI is InChI=1S/C13H14BrClN2S/c1-8-7-18-13(17-8)9(2)16-6-10-3-4-11(14)5-12(10)15/h3-5,7,9,16H,6H2,1-2H3. The van der Waals surface area contributed by atoms with Gasteiger partial charge in [-0.2, -0.15) is 0 Å². The first-order chi connectivity index (χ1) is 8.56. The maximum atomic E-state index is 6.18. The smallest absolute Gasteiger partial charge is 0.110 e. The van der Waals surface area contributed by atoms with Gasteiger partial charge in [-0.1, -0.05) is 33.6 Å². The van der Waals surface area contributed by atoms with Crippen LogP contribution in [0.3, 0.4) is 0 Å². The van der Waals surface area contributed by atoms with Crippen LogP contribution < -0.4 is 5.32 Å². The van der Waals surface area contributed by atoms with E-state index in [4.69, 9.17) is 11.6 Å². The van der Waals surface area contributed by atoms with Crippen molar-refractivity contribution in [2.45, 2.75) is 26.4 Å². The largest absolute Gasteiger partial charge is 0.304 e. The van der Waals surface area contributed by atoms with Crippen LogP contribution in [0.15, 0.2) is 28.1 Å². The number of nitrogens with one attached hydrogen (secondary N) is 1. The van der Waals surface area contributed by atoms with Crippen LogP contribution in [0.4, 0.5) is 0 Å². The highest BCUT2D eigenvalue weighted by Gasteiger charge is 2.09. The Balaban J connectivity index is 1.99. The fraction of sp³-hybridized carbons (Fsp3) is 0.308. The van der Waals surface area contributed by atoms with Gasteiger partial charge in [-0.25, -0.2) is 4.98 Å². The molecule has 1 heterocycles. The molecule has 0 saturated heterocycles. The van der Waals surface area contributed by atoms with E-state index in [9.17, 15) is 0 Å². The van der Waals surface area contributed by atoms with E-state index in [1.54, 1.807) is 11.3 Å². The van der Waals surface area contributed by atoms with Crippen molar-refractivity contribution in [1.29, 1.82) is 0 Å². The van der Waals surface area contributed by atoms with Crippen LogP contribution in [0.1, 0.15) is 29.2 Å². The zero-order valence-corrected chi connectivity index (χ0v) is 13.4. The van der Waals surface area contributed by atoms with Crippen molar-refractivity contribution in [3.05, 3.63) is 49.3 Å². The molecule has 1 atom stereocenters. The lowest BCUT2D eigenvalue weighted by molar-refractivity contribution is 0.571. The summed E-state index contributed by atoms with van der Waals surface area (Å²) < 4.78 is 1.000. The highest BCUT2D eigenvalue weighted by atomic mass is 79.9. The van der Waals surface area contributed by atoms with Crippen LogP contribution >= 0.6 is 38.9 Å². The highest BCUT2D eigenvalue weighted by molar-refractivity contribution is 9.10. The topological polar surface area (TPSA) is 24.9 Å². The second kappa shape index (κ2) is 6.15. The first-order valence-corrected chi connectivity index (χ1v) is 7.70. The van der Waals surface area contributed by atoms with Gasteiger partial charge >= 0.3 is 0 Å². The van der Waals surface area contributed by atoms with Crippen LogP contribution in [0.2, 0.25) is 5.02 Å². The molecule has 0 aliphatic heterocycles. The quantitative estimate of drug-likeness (QED) is 0.867. The summed E-state index contributed by atoms with van der Waals surface area (Å²) in [6.07, 6.45) is 0. The molecule has 0 fully saturated rings. The van der Waals surface area contributed by atoms with Gasteiger partial charge in [0.25, 0.3) is 0 Å². The van der Waals surface area contributed by atoms with E-state index < -0.39 is 0 Å². The summed E-state index contributed by atoms with van der Waals surface area (Å²) in [5.41, 5.74) is 2.17. The van der Waals surface area contributed by atoms with Crippen LogP contribution in [-0.4, -0.2) is 4.98 Å². The molecule has 0 aliphatic rings. The predicted molar refractivity (Wildman–Crippen MR) is 81.3 cm³/mol. The van der Waals surface area contributed by atoms with Crippen molar-refractivity contribution < 1.29 is 0 Å². The Morgan fingerprint density at radius 1 is 1.50 bits per heavy atom. The molecular formula is C13H14BrClN2S. The summed E-state index contributed by atoms with van der Waals surface area (Å²) in [6.45, 7) is 4.87. The molecule has 2 rings (SSSR count). The number of nitrogens with zero attached hydrogens (tertiary/aromatic N) is 1. The van der Waals surface area contributed by atoms with E-state index in [2.05, 4.69) is 38.5 Å². The third kappa shape index (κ3) is 3.54. The number of halogens is 2. The van der Waals surface area contributed by atoms with Crippen molar-refractivity contribution in [2.24, 2.45) is 0 Å². The van der Waals surface area contributed by atoms with Crippen molar-refractivity contribution in [3.63, 3.8) is 0 Å². The maximum absolute atomic E-state index is 6.18. The van der Waals surface area contributed by atoms with E-state index in [0.717, 1.165) is 32.3 Å². The summed E-state index contributed by atoms with van der Waals surface area (Å²) in [7, 11) is 0. The first-order valence-electron chi connectivity index (χ1n) is 5.65. The minimum absolute atomic E-state index is 0.239. The lowest BCUT2D eigenvalue weighted by atomic mass is 10.2. The lowest BCUT2D eigenvalue weighted by Gasteiger charge is -2.12. The minimum Gasteiger partial charge on any atom is -0.304 e. The average molecular weight is 346 g/mol. The number of aryl methyl sites for hydroxylation is 1. The molecule has 0 bridgehead atoms. The summed E-state index contributed by atoms with van der Waals surface area (Å²) in [5.74, 6) is 0. The SMILES string of the molecule is Cc1csc(C(C)NCc2ccc(Br)cc2Cl)n1. The van der Waals surface area contributed by atoms with Gasteiger partial charge in [-0.05, 0) is 31.5 Å². The van der Waals surface area contributed by atoms with Crippen molar-refractivity contribution >= 4 is 38.9 Å². The molecule has 5 heteroatoms. The average Bonchev–Trinajstić information content (AvgIpc) is 2.74. The monoisotopic (exact) mass is 344 g/mol. The van der Waals surface area contributed by atoms with E-state index in [1.165, 1.54) is 0 Å². The summed E-state index contributed by atoms with van der Waals surface area (Å²) in [5, 5.41) is 7.40. The molecule has 0 aliphatic carbocycles. The Morgan fingerprint density at radius 3 is 2.89 bits per heavy atom. The first kappa shape index (κ1) is 14.0. The molecule has 18 heavy (non-hydrogen) atoms. The second-order valence-electron chi connectivity index (χ2n) is 4.17. The van der Waals surface area contributed by atoms with Gasteiger partial charge in [-0.3, -0.25) is 0 Å². The van der Waals surface area contributed by atoms with E-state index in [-0.39, 0.29) is 6.04 Å². The van der Waals surface area contributed by atoms with E-state index >= 15 is 0 Å². The number of benzene rings is 1. The molecular weight excluding hydrogens is 332 g/mol. The van der Waals surface area contributed by atoms with E-state index in [0.29, 0.717) is 0 Å². The minimum atomic E-state index is 0.239. The number of thiazole rings is 1. The molecule has 0 radical (unpaired) electrons. The Bertz CT molecular complexity index is 542. The van der Waals surface area contributed by atoms with Crippen LogP contribution in [0.25, 0.3) is 0 Å². The fourth-order valence-corrected chi connectivity index (χ4v) is 3.15. The summed E-state index contributed by atoms with van der Waals surface area (Å²) in [4.78, 5) is 4.47. The summed E-state index contributed by atoms with van der Waals surface area (Å²) in [6, 6.07) is 6.18. The van der Waals surface area contributed by atoms with Gasteiger partial charge in [0.05, 0.1) is 6.04 Å². The van der Waals surface area contributed by atoms with E-state index in [1.807, 2.05) is 25.1 Å². The van der Waals surface area contributed by atoms with Gasteiger partial charge < -0.3 is 5.32 Å². The fourth-order valence-electron chi connectivity index (χ4n) is 1.59. The van der Waals surface area contributed by atoms with Crippen molar-refractivity contribution in [3.8, 4) is 0 Å². The van der Waals surface area contributed by atoms with Gasteiger partial charge in [0, 0.05) is 27.1 Å². The van der Waals surface area contributed by atoms with Crippen LogP contribution in [0.5, 0.6) is 0 Å². The Morgan fingerprint density at radius 2 is 2.28 bits per heavy atom. The van der Waals surface area contributed by atoms with Gasteiger partial charge in [-0.15, -0.1) is 11.3 Å². The zero-order valence-electron chi connectivity index (χ0n) is 10.2. The van der Waals surface area contributed by atoms with Gasteiger partial charge in [0.1, 0.15) is 5.01 Å². The Kier molecular flexibility index (Phi) is 4.78. The Hall–Kier alpha value is -0.420. The molecule has 0 amide bonds. The molecule has 1 aromatic heterocycles.